The van der Waals surface area contributed by atoms with Crippen LogP contribution in [0.15, 0.2) is 24.4 Å². The van der Waals surface area contributed by atoms with E-state index in [0.29, 0.717) is 19.5 Å². The number of hydrogen-bond acceptors (Lipinski definition) is 5. The Morgan fingerprint density at radius 3 is 3.04 bits per heavy atom. The van der Waals surface area contributed by atoms with Crippen molar-refractivity contribution in [3.63, 3.8) is 0 Å². The van der Waals surface area contributed by atoms with E-state index in [9.17, 15) is 13.6 Å². The highest BCUT2D eigenvalue weighted by Gasteiger charge is 2.25. The van der Waals surface area contributed by atoms with Crippen LogP contribution >= 0.6 is 0 Å². The zero-order chi connectivity index (χ0) is 18.8. The molecule has 142 valence electrons. The van der Waals surface area contributed by atoms with Gasteiger partial charge in [0.15, 0.2) is 18.2 Å². The third kappa shape index (κ3) is 3.90. The van der Waals surface area contributed by atoms with Crippen LogP contribution in [0, 0.1) is 11.6 Å². The van der Waals surface area contributed by atoms with Gasteiger partial charge in [0.05, 0.1) is 11.7 Å². The summed E-state index contributed by atoms with van der Waals surface area (Å²) in [6, 6.07) is 3.21. The average molecular weight is 374 g/mol. The van der Waals surface area contributed by atoms with Crippen molar-refractivity contribution in [3.05, 3.63) is 53.1 Å². The van der Waals surface area contributed by atoms with Gasteiger partial charge in [0, 0.05) is 37.3 Å². The second kappa shape index (κ2) is 7.56. The fourth-order valence-corrected chi connectivity index (χ4v) is 3.44. The van der Waals surface area contributed by atoms with E-state index < -0.39 is 11.6 Å². The summed E-state index contributed by atoms with van der Waals surface area (Å²) in [4.78, 5) is 23.2. The topological polar surface area (TPSA) is 67.3 Å². The van der Waals surface area contributed by atoms with Crippen LogP contribution in [0.3, 0.4) is 0 Å². The maximum absolute atomic E-state index is 13.6. The zero-order valence-electron chi connectivity index (χ0n) is 14.8. The Labute approximate surface area is 155 Å². The third-order valence-electron chi connectivity index (χ3n) is 4.92. The smallest absolute Gasteiger partial charge is 0.260 e. The summed E-state index contributed by atoms with van der Waals surface area (Å²) < 4.78 is 31.7. The molecule has 6 nitrogen and oxygen atoms in total. The minimum atomic E-state index is -0.826. The number of halogens is 2. The first-order valence-corrected chi connectivity index (χ1v) is 9.04. The Kier molecular flexibility index (Phi) is 4.98. The molecule has 1 unspecified atom stereocenters. The van der Waals surface area contributed by atoms with Crippen molar-refractivity contribution in [3.8, 4) is 5.75 Å². The summed E-state index contributed by atoms with van der Waals surface area (Å²) >= 11 is 0. The molecule has 8 heteroatoms. The van der Waals surface area contributed by atoms with Crippen molar-refractivity contribution in [1.82, 2.24) is 20.2 Å². The quantitative estimate of drug-likeness (QED) is 0.888. The maximum atomic E-state index is 13.6. The molecule has 27 heavy (non-hydrogen) atoms. The number of amides is 1. The second-order valence-electron chi connectivity index (χ2n) is 6.78. The Morgan fingerprint density at radius 1 is 1.37 bits per heavy atom. The summed E-state index contributed by atoms with van der Waals surface area (Å²) in [5, 5.41) is 3.39. The van der Waals surface area contributed by atoms with Crippen molar-refractivity contribution in [2.24, 2.45) is 0 Å². The number of carbonyl (C=O) groups excluding carboxylic acids is 1. The molecule has 2 aromatic rings. The molecule has 1 aromatic carbocycles. The average Bonchev–Trinajstić information content (AvgIpc) is 3.21. The number of fused-ring (bicyclic) bond motifs is 1. The lowest BCUT2D eigenvalue weighted by Crippen LogP contribution is -2.39. The lowest BCUT2D eigenvalue weighted by molar-refractivity contribution is -0.134. The van der Waals surface area contributed by atoms with Gasteiger partial charge in [-0.15, -0.1) is 0 Å². The van der Waals surface area contributed by atoms with E-state index in [2.05, 4.69) is 15.3 Å². The molecule has 2 aliphatic rings. The van der Waals surface area contributed by atoms with Crippen molar-refractivity contribution >= 4 is 5.91 Å². The monoisotopic (exact) mass is 374 g/mol. The van der Waals surface area contributed by atoms with Crippen molar-refractivity contribution in [2.45, 2.75) is 31.8 Å². The number of hydrogen-bond donors (Lipinski definition) is 1. The molecule has 1 aromatic heterocycles. The van der Waals surface area contributed by atoms with Gasteiger partial charge in [-0.25, -0.2) is 18.7 Å². The van der Waals surface area contributed by atoms with Gasteiger partial charge in [0.25, 0.3) is 5.91 Å². The summed E-state index contributed by atoms with van der Waals surface area (Å²) in [5.41, 5.74) is 1.90. The van der Waals surface area contributed by atoms with Crippen molar-refractivity contribution in [1.29, 1.82) is 0 Å². The Balaban J connectivity index is 1.37. The van der Waals surface area contributed by atoms with Gasteiger partial charge in [-0.3, -0.25) is 4.79 Å². The van der Waals surface area contributed by atoms with Gasteiger partial charge < -0.3 is 15.0 Å². The van der Waals surface area contributed by atoms with Gasteiger partial charge in [-0.2, -0.15) is 0 Å². The standard InChI is InChI=1S/C19H20F2N4O2/c20-13-3-4-17(14(21)8-13)27-11-18(26)25-7-5-15-12(10-25)9-23-19(24-15)16-2-1-6-22-16/h3-4,8-9,16,22H,1-2,5-7,10-11H2. The molecular weight excluding hydrogens is 354 g/mol. The molecule has 0 aliphatic carbocycles. The van der Waals surface area contributed by atoms with E-state index in [4.69, 9.17) is 4.74 Å². The van der Waals surface area contributed by atoms with E-state index in [-0.39, 0.29) is 24.3 Å². The largest absolute Gasteiger partial charge is 0.481 e. The number of carbonyl (C=O) groups is 1. The third-order valence-corrected chi connectivity index (χ3v) is 4.92. The number of benzene rings is 1. The first-order valence-electron chi connectivity index (χ1n) is 9.04. The highest BCUT2D eigenvalue weighted by molar-refractivity contribution is 5.78. The van der Waals surface area contributed by atoms with E-state index in [0.717, 1.165) is 48.6 Å². The normalized spacial score (nSPS) is 19.0. The number of nitrogens with one attached hydrogen (secondary N) is 1. The molecule has 3 heterocycles. The molecule has 1 N–H and O–H groups in total. The molecule has 0 saturated carbocycles. The Morgan fingerprint density at radius 2 is 2.26 bits per heavy atom. The van der Waals surface area contributed by atoms with Gasteiger partial charge in [-0.05, 0) is 31.5 Å². The van der Waals surface area contributed by atoms with Crippen LogP contribution in [0.1, 0.15) is 36.0 Å². The van der Waals surface area contributed by atoms with Gasteiger partial charge >= 0.3 is 0 Å². The van der Waals surface area contributed by atoms with Crippen LogP contribution in [0.4, 0.5) is 8.78 Å². The molecule has 1 atom stereocenters. The number of ether oxygens (including phenoxy) is 1. The molecule has 1 fully saturated rings. The molecule has 2 aliphatic heterocycles. The second-order valence-corrected chi connectivity index (χ2v) is 6.78. The summed E-state index contributed by atoms with van der Waals surface area (Å²) in [6.07, 6.45) is 4.61. The first-order chi connectivity index (χ1) is 13.1. The maximum Gasteiger partial charge on any atom is 0.260 e. The van der Waals surface area contributed by atoms with Crippen LogP contribution in [-0.4, -0.2) is 40.5 Å². The molecular formula is C19H20F2N4O2. The zero-order valence-corrected chi connectivity index (χ0v) is 14.8. The molecule has 0 spiro atoms. The summed E-state index contributed by atoms with van der Waals surface area (Å²) in [5.74, 6) is -1.09. The number of aromatic nitrogens is 2. The van der Waals surface area contributed by atoms with Gasteiger partial charge in [0.1, 0.15) is 11.6 Å². The van der Waals surface area contributed by atoms with E-state index >= 15 is 0 Å². The van der Waals surface area contributed by atoms with Crippen molar-refractivity contribution in [2.75, 3.05) is 19.7 Å². The fraction of sp³-hybridized carbons (Fsp3) is 0.421. The SMILES string of the molecule is O=C(COc1ccc(F)cc1F)N1CCc2nc(C3CCCN3)ncc2C1. The van der Waals surface area contributed by atoms with Gasteiger partial charge in [0.2, 0.25) is 0 Å². The van der Waals surface area contributed by atoms with Crippen molar-refractivity contribution < 1.29 is 18.3 Å². The van der Waals surface area contributed by atoms with Gasteiger partial charge in [-0.1, -0.05) is 0 Å². The molecule has 4 rings (SSSR count). The lowest BCUT2D eigenvalue weighted by Gasteiger charge is -2.28. The predicted octanol–water partition coefficient (Wildman–Crippen LogP) is 2.14. The van der Waals surface area contributed by atoms with E-state index in [1.165, 1.54) is 6.07 Å². The minimum Gasteiger partial charge on any atom is -0.481 e. The predicted molar refractivity (Wildman–Crippen MR) is 93.0 cm³/mol. The molecule has 0 radical (unpaired) electrons. The molecule has 1 saturated heterocycles. The van der Waals surface area contributed by atoms with E-state index in [1.54, 1.807) is 11.1 Å². The van der Waals surface area contributed by atoms with Crippen LogP contribution < -0.4 is 10.1 Å². The number of rotatable bonds is 4. The van der Waals surface area contributed by atoms with E-state index in [1.807, 2.05) is 0 Å². The summed E-state index contributed by atoms with van der Waals surface area (Å²) in [7, 11) is 0. The lowest BCUT2D eigenvalue weighted by atomic mass is 10.1. The Hall–Kier alpha value is -2.61. The Bertz CT molecular complexity index is 856. The minimum absolute atomic E-state index is 0.140. The van der Waals surface area contributed by atoms with Crippen LogP contribution in [0.25, 0.3) is 0 Å². The highest BCUT2D eigenvalue weighted by Crippen LogP contribution is 2.23. The molecule has 1 amide bonds. The van der Waals surface area contributed by atoms with Crippen LogP contribution in [0.5, 0.6) is 5.75 Å². The van der Waals surface area contributed by atoms with Crippen LogP contribution in [-0.2, 0) is 17.8 Å². The van der Waals surface area contributed by atoms with Crippen LogP contribution in [0.2, 0.25) is 0 Å². The first kappa shape index (κ1) is 17.8. The summed E-state index contributed by atoms with van der Waals surface area (Å²) in [6.45, 7) is 1.61. The highest BCUT2D eigenvalue weighted by atomic mass is 19.1. The molecule has 0 bridgehead atoms. The fourth-order valence-electron chi connectivity index (χ4n) is 3.44. The number of nitrogens with zero attached hydrogens (tertiary/aromatic N) is 3.